The van der Waals surface area contributed by atoms with Crippen LogP contribution in [0.25, 0.3) is 21.8 Å². The number of aromatic amines is 2. The molecule has 2 aromatic carbocycles. The quantitative estimate of drug-likeness (QED) is 0.546. The molecule has 27 heavy (non-hydrogen) atoms. The van der Waals surface area contributed by atoms with Gasteiger partial charge in [-0.3, -0.25) is 4.79 Å². The van der Waals surface area contributed by atoms with Gasteiger partial charge in [0, 0.05) is 35.6 Å². The van der Waals surface area contributed by atoms with Gasteiger partial charge in [-0.1, -0.05) is 36.4 Å². The molecule has 5 rings (SSSR count). The number of carbonyl (C=O) groups is 1. The molecule has 0 unspecified atom stereocenters. The first-order chi connectivity index (χ1) is 13.3. The smallest absolute Gasteiger partial charge is 0.270 e. The largest absolute Gasteiger partial charge is 0.361 e. The van der Waals surface area contributed by atoms with E-state index in [-0.39, 0.29) is 5.91 Å². The summed E-state index contributed by atoms with van der Waals surface area (Å²) in [5, 5.41) is 2.22. The maximum Gasteiger partial charge on any atom is 0.270 e. The molecule has 0 aliphatic carbocycles. The first-order valence-electron chi connectivity index (χ1n) is 9.70. The van der Waals surface area contributed by atoms with Gasteiger partial charge in [0.05, 0.1) is 5.52 Å². The van der Waals surface area contributed by atoms with Crippen LogP contribution in [0.5, 0.6) is 0 Å². The third-order valence-electron chi connectivity index (χ3n) is 5.83. The minimum absolute atomic E-state index is 0.119. The lowest BCUT2D eigenvalue weighted by atomic mass is 9.90. The van der Waals surface area contributed by atoms with Crippen LogP contribution in [0.15, 0.2) is 60.8 Å². The van der Waals surface area contributed by atoms with Crippen LogP contribution < -0.4 is 0 Å². The van der Waals surface area contributed by atoms with Gasteiger partial charge in [0.25, 0.3) is 5.91 Å². The predicted molar refractivity (Wildman–Crippen MR) is 109 cm³/mol. The van der Waals surface area contributed by atoms with Crippen LogP contribution >= 0.6 is 0 Å². The second-order valence-electron chi connectivity index (χ2n) is 7.58. The normalized spacial score (nSPS) is 15.6. The molecule has 3 heterocycles. The van der Waals surface area contributed by atoms with Crippen LogP contribution in [0.4, 0.5) is 0 Å². The van der Waals surface area contributed by atoms with Crippen molar-refractivity contribution in [3.8, 4) is 0 Å². The number of hydrogen-bond acceptors (Lipinski definition) is 1. The van der Waals surface area contributed by atoms with Crippen LogP contribution in [0.2, 0.25) is 0 Å². The lowest BCUT2D eigenvalue weighted by Gasteiger charge is -2.31. The molecule has 2 N–H and O–H groups in total. The fourth-order valence-corrected chi connectivity index (χ4v) is 4.31. The Balaban J connectivity index is 1.30. The third kappa shape index (κ3) is 3.01. The number of nitrogens with zero attached hydrogens (tertiary/aromatic N) is 1. The Kier molecular flexibility index (Phi) is 3.97. The zero-order valence-electron chi connectivity index (χ0n) is 15.2. The number of carbonyl (C=O) groups excluding carboxylic acids is 1. The standard InChI is InChI=1S/C23H23N3O/c27-23(21-15-18-6-7-20-19(8-11-24-20)22(18)25-21)26-12-9-17(10-13-26)14-16-4-2-1-3-5-16/h1-8,11,15,17,24-25H,9-10,12-14H2. The van der Waals surface area contributed by atoms with E-state index < -0.39 is 0 Å². The molecule has 136 valence electrons. The van der Waals surface area contributed by atoms with Crippen molar-refractivity contribution in [2.24, 2.45) is 5.92 Å². The van der Waals surface area contributed by atoms with E-state index in [9.17, 15) is 4.79 Å². The highest BCUT2D eigenvalue weighted by Gasteiger charge is 2.25. The Morgan fingerprint density at radius 3 is 2.67 bits per heavy atom. The van der Waals surface area contributed by atoms with Gasteiger partial charge in [-0.05, 0) is 48.9 Å². The highest BCUT2D eigenvalue weighted by molar-refractivity contribution is 6.08. The van der Waals surface area contributed by atoms with Crippen molar-refractivity contribution >= 4 is 27.7 Å². The molecule has 4 nitrogen and oxygen atoms in total. The van der Waals surface area contributed by atoms with E-state index in [0.29, 0.717) is 11.6 Å². The molecule has 4 heteroatoms. The fraction of sp³-hybridized carbons (Fsp3) is 0.261. The van der Waals surface area contributed by atoms with Crippen LogP contribution in [0, 0.1) is 5.92 Å². The number of benzene rings is 2. The molecule has 4 aromatic rings. The number of fused-ring (bicyclic) bond motifs is 3. The van der Waals surface area contributed by atoms with E-state index in [2.05, 4.69) is 58.5 Å². The van der Waals surface area contributed by atoms with E-state index in [4.69, 9.17) is 0 Å². The summed E-state index contributed by atoms with van der Waals surface area (Å²) >= 11 is 0. The van der Waals surface area contributed by atoms with Crippen LogP contribution in [-0.4, -0.2) is 33.9 Å². The molecule has 2 aromatic heterocycles. The molecule has 1 amide bonds. The number of nitrogens with one attached hydrogen (secondary N) is 2. The Bertz CT molecular complexity index is 1080. The Morgan fingerprint density at radius 1 is 1.04 bits per heavy atom. The van der Waals surface area contributed by atoms with Crippen LogP contribution in [0.3, 0.4) is 0 Å². The molecule has 0 bridgehead atoms. The van der Waals surface area contributed by atoms with Gasteiger partial charge in [-0.25, -0.2) is 0 Å². The van der Waals surface area contributed by atoms with Crippen molar-refractivity contribution in [2.45, 2.75) is 19.3 Å². The lowest BCUT2D eigenvalue weighted by Crippen LogP contribution is -2.39. The summed E-state index contributed by atoms with van der Waals surface area (Å²) < 4.78 is 0. The molecular formula is C23H23N3O. The minimum Gasteiger partial charge on any atom is -0.361 e. The Labute approximate surface area is 158 Å². The minimum atomic E-state index is 0.119. The third-order valence-corrected chi connectivity index (χ3v) is 5.83. The van der Waals surface area contributed by atoms with E-state index in [1.54, 1.807) is 0 Å². The topological polar surface area (TPSA) is 51.9 Å². The van der Waals surface area contributed by atoms with Gasteiger partial charge in [0.1, 0.15) is 5.69 Å². The summed E-state index contributed by atoms with van der Waals surface area (Å²) in [5.41, 5.74) is 4.22. The van der Waals surface area contributed by atoms with Crippen molar-refractivity contribution in [1.82, 2.24) is 14.9 Å². The molecule has 0 atom stereocenters. The van der Waals surface area contributed by atoms with Gasteiger partial charge in [0.2, 0.25) is 0 Å². The van der Waals surface area contributed by atoms with Gasteiger partial charge in [0.15, 0.2) is 0 Å². The molecule has 0 spiro atoms. The van der Waals surface area contributed by atoms with Gasteiger partial charge >= 0.3 is 0 Å². The molecule has 1 saturated heterocycles. The van der Waals surface area contributed by atoms with E-state index in [1.807, 2.05) is 17.2 Å². The van der Waals surface area contributed by atoms with Crippen LogP contribution in [0.1, 0.15) is 28.9 Å². The molecule has 1 aliphatic rings. The highest BCUT2D eigenvalue weighted by Crippen LogP contribution is 2.27. The fourth-order valence-electron chi connectivity index (χ4n) is 4.31. The summed E-state index contributed by atoms with van der Waals surface area (Å²) in [4.78, 5) is 21.6. The summed E-state index contributed by atoms with van der Waals surface area (Å²) in [7, 11) is 0. The van der Waals surface area contributed by atoms with E-state index in [1.165, 1.54) is 5.56 Å². The lowest BCUT2D eigenvalue weighted by molar-refractivity contribution is 0.0685. The van der Waals surface area contributed by atoms with Crippen molar-refractivity contribution < 1.29 is 4.79 Å². The average Bonchev–Trinajstić information content (AvgIpc) is 3.35. The first kappa shape index (κ1) is 16.2. The molecule has 0 radical (unpaired) electrons. The van der Waals surface area contributed by atoms with Crippen molar-refractivity contribution in [2.75, 3.05) is 13.1 Å². The van der Waals surface area contributed by atoms with Gasteiger partial charge < -0.3 is 14.9 Å². The summed E-state index contributed by atoms with van der Waals surface area (Å²) in [5.74, 6) is 0.784. The van der Waals surface area contributed by atoms with E-state index in [0.717, 1.165) is 54.2 Å². The molecular weight excluding hydrogens is 334 g/mol. The maximum absolute atomic E-state index is 13.0. The number of rotatable bonds is 3. The highest BCUT2D eigenvalue weighted by atomic mass is 16.2. The molecule has 1 fully saturated rings. The number of H-pyrrole nitrogens is 2. The number of piperidine rings is 1. The monoisotopic (exact) mass is 357 g/mol. The number of amides is 1. The molecule has 0 saturated carbocycles. The first-order valence-corrected chi connectivity index (χ1v) is 9.70. The zero-order valence-corrected chi connectivity index (χ0v) is 15.2. The van der Waals surface area contributed by atoms with Crippen molar-refractivity contribution in [1.29, 1.82) is 0 Å². The van der Waals surface area contributed by atoms with Crippen molar-refractivity contribution in [3.63, 3.8) is 0 Å². The van der Waals surface area contributed by atoms with Crippen molar-refractivity contribution in [3.05, 3.63) is 72.1 Å². The second-order valence-corrected chi connectivity index (χ2v) is 7.58. The average molecular weight is 357 g/mol. The van der Waals surface area contributed by atoms with Gasteiger partial charge in [-0.15, -0.1) is 0 Å². The second kappa shape index (κ2) is 6.62. The predicted octanol–water partition coefficient (Wildman–Crippen LogP) is 4.74. The summed E-state index contributed by atoms with van der Waals surface area (Å²) in [6.45, 7) is 1.68. The number of hydrogen-bond donors (Lipinski definition) is 2. The maximum atomic E-state index is 13.0. The summed E-state index contributed by atoms with van der Waals surface area (Å²) in [6, 6.07) is 18.8. The Hall–Kier alpha value is -3.01. The Morgan fingerprint density at radius 2 is 1.85 bits per heavy atom. The van der Waals surface area contributed by atoms with E-state index >= 15 is 0 Å². The van der Waals surface area contributed by atoms with Gasteiger partial charge in [-0.2, -0.15) is 0 Å². The number of likely N-dealkylation sites (tertiary alicyclic amines) is 1. The van der Waals surface area contributed by atoms with Crippen LogP contribution in [-0.2, 0) is 6.42 Å². The SMILES string of the molecule is O=C(c1cc2ccc3[nH]ccc3c2[nH]1)N1CCC(Cc2ccccc2)CC1. The number of aromatic nitrogens is 2. The molecule has 1 aliphatic heterocycles. The zero-order chi connectivity index (χ0) is 18.2. The summed E-state index contributed by atoms with van der Waals surface area (Å²) in [6.07, 6.45) is 5.19.